The van der Waals surface area contributed by atoms with Crippen molar-refractivity contribution in [2.75, 3.05) is 33.0 Å². The Hall–Kier alpha value is -2.81. The van der Waals surface area contributed by atoms with Gasteiger partial charge in [0.1, 0.15) is 12.5 Å². The van der Waals surface area contributed by atoms with Gasteiger partial charge in [0.2, 0.25) is 0 Å². The molecule has 2 heterocycles. The molecule has 1 aliphatic heterocycles. The largest absolute Gasteiger partial charge is 0.493 e. The van der Waals surface area contributed by atoms with E-state index in [1.165, 1.54) is 0 Å². The highest BCUT2D eigenvalue weighted by Gasteiger charge is 2.27. The van der Waals surface area contributed by atoms with Gasteiger partial charge in [0.15, 0.2) is 11.5 Å². The van der Waals surface area contributed by atoms with Crippen molar-refractivity contribution in [3.63, 3.8) is 0 Å². The summed E-state index contributed by atoms with van der Waals surface area (Å²) in [5.74, 6) is 7.17. The summed E-state index contributed by atoms with van der Waals surface area (Å²) in [5.41, 5.74) is 6.57. The molecule has 0 aliphatic carbocycles. The summed E-state index contributed by atoms with van der Waals surface area (Å²) in [6.45, 7) is -0.00366. The number of hydrogen-bond acceptors (Lipinski definition) is 8. The number of nitrogens with two attached hydrogens (primary N) is 1. The van der Waals surface area contributed by atoms with E-state index in [4.69, 9.17) is 15.3 Å². The summed E-state index contributed by atoms with van der Waals surface area (Å²) in [7, 11) is 3.15. The number of aliphatic hydroxyl groups excluding tert-OH is 2. The van der Waals surface area contributed by atoms with Crippen LogP contribution in [-0.2, 0) is 6.54 Å². The number of fused-ring (bicyclic) bond motifs is 1. The summed E-state index contributed by atoms with van der Waals surface area (Å²) in [4.78, 5) is 5.84. The number of benzene rings is 1. The number of nitrogens with zero attached hydrogens (tertiary/aromatic N) is 2. The Morgan fingerprint density at radius 2 is 1.92 bits per heavy atom. The first-order chi connectivity index (χ1) is 12.7. The number of methoxy groups -OCH3 is 2. The van der Waals surface area contributed by atoms with E-state index in [1.807, 2.05) is 18.2 Å². The Balaban J connectivity index is 2.28. The molecule has 0 unspecified atom stereocenters. The summed E-state index contributed by atoms with van der Waals surface area (Å²) >= 11 is 0. The summed E-state index contributed by atoms with van der Waals surface area (Å²) in [6.07, 6.45) is 1.63. The fraction of sp³-hybridized carbons (Fsp3) is 0.278. The number of ether oxygens (including phenoxy) is 2. The minimum absolute atomic E-state index is 0.222. The van der Waals surface area contributed by atoms with E-state index in [2.05, 4.69) is 10.4 Å². The predicted octanol–water partition coefficient (Wildman–Crippen LogP) is 0.901. The fourth-order valence-electron chi connectivity index (χ4n) is 3.20. The minimum atomic E-state index is -0.225. The van der Waals surface area contributed by atoms with Gasteiger partial charge in [-0.1, -0.05) is 0 Å². The third-order valence-electron chi connectivity index (χ3n) is 4.43. The van der Waals surface area contributed by atoms with E-state index >= 15 is 0 Å². The van der Waals surface area contributed by atoms with E-state index < -0.39 is 0 Å². The van der Waals surface area contributed by atoms with E-state index in [9.17, 15) is 10.2 Å². The Morgan fingerprint density at radius 1 is 1.19 bits per heavy atom. The molecule has 26 heavy (non-hydrogen) atoms. The van der Waals surface area contributed by atoms with E-state index in [-0.39, 0.29) is 13.3 Å². The van der Waals surface area contributed by atoms with Gasteiger partial charge in [-0.3, -0.25) is 0 Å². The SMILES string of the molecule is COc1cc2c(cc1OC)C(c1ccnc(NN)c1)=C(CO)N(CO)C2. The molecule has 0 saturated heterocycles. The third-order valence-corrected chi connectivity index (χ3v) is 4.43. The molecule has 1 aromatic heterocycles. The first-order valence-electron chi connectivity index (χ1n) is 8.04. The number of hydrogen-bond donors (Lipinski definition) is 4. The highest BCUT2D eigenvalue weighted by molar-refractivity contribution is 5.86. The molecule has 0 amide bonds. The van der Waals surface area contributed by atoms with Gasteiger partial charge in [-0.25, -0.2) is 10.8 Å². The average molecular weight is 358 g/mol. The number of aromatic nitrogens is 1. The molecule has 1 aliphatic rings. The molecular formula is C18H22N4O4. The number of nitrogens with one attached hydrogen (secondary N) is 1. The lowest BCUT2D eigenvalue weighted by Gasteiger charge is -2.34. The maximum absolute atomic E-state index is 9.98. The van der Waals surface area contributed by atoms with Gasteiger partial charge in [0, 0.05) is 24.0 Å². The molecule has 8 nitrogen and oxygen atoms in total. The first kappa shape index (κ1) is 18.0. The summed E-state index contributed by atoms with van der Waals surface area (Å²) in [6, 6.07) is 7.37. The summed E-state index contributed by atoms with van der Waals surface area (Å²) < 4.78 is 10.8. The smallest absolute Gasteiger partial charge is 0.161 e. The lowest BCUT2D eigenvalue weighted by Crippen LogP contribution is -2.30. The Kier molecular flexibility index (Phi) is 5.27. The Labute approximate surface area is 151 Å². The van der Waals surface area contributed by atoms with Gasteiger partial charge in [0.25, 0.3) is 0 Å². The molecular weight excluding hydrogens is 336 g/mol. The second-order valence-corrected chi connectivity index (χ2v) is 5.76. The lowest BCUT2D eigenvalue weighted by molar-refractivity contribution is 0.116. The molecule has 0 radical (unpaired) electrons. The van der Waals surface area contributed by atoms with Gasteiger partial charge in [-0.05, 0) is 41.0 Å². The van der Waals surface area contributed by atoms with Crippen molar-refractivity contribution in [1.29, 1.82) is 0 Å². The van der Waals surface area contributed by atoms with Crippen molar-refractivity contribution < 1.29 is 19.7 Å². The molecule has 0 bridgehead atoms. The molecule has 2 aromatic rings. The van der Waals surface area contributed by atoms with Crippen LogP contribution >= 0.6 is 0 Å². The van der Waals surface area contributed by atoms with Crippen LogP contribution in [0.3, 0.4) is 0 Å². The van der Waals surface area contributed by atoms with Gasteiger partial charge >= 0.3 is 0 Å². The maximum atomic E-state index is 9.98. The quantitative estimate of drug-likeness (QED) is 0.445. The van der Waals surface area contributed by atoms with Crippen LogP contribution in [0.2, 0.25) is 0 Å². The Morgan fingerprint density at radius 3 is 2.54 bits per heavy atom. The van der Waals surface area contributed by atoms with Gasteiger partial charge < -0.3 is 30.0 Å². The molecule has 0 spiro atoms. The Bertz CT molecular complexity index is 838. The average Bonchev–Trinajstić information content (AvgIpc) is 2.70. The zero-order valence-corrected chi connectivity index (χ0v) is 14.7. The van der Waals surface area contributed by atoms with Crippen LogP contribution in [0, 0.1) is 0 Å². The van der Waals surface area contributed by atoms with Crippen LogP contribution in [0.5, 0.6) is 11.5 Å². The monoisotopic (exact) mass is 358 g/mol. The molecule has 5 N–H and O–H groups in total. The number of rotatable bonds is 6. The molecule has 0 fully saturated rings. The lowest BCUT2D eigenvalue weighted by atomic mass is 9.88. The van der Waals surface area contributed by atoms with Crippen LogP contribution in [0.4, 0.5) is 5.82 Å². The van der Waals surface area contributed by atoms with Crippen LogP contribution in [0.25, 0.3) is 5.57 Å². The number of nitrogen functional groups attached to an aromatic ring is 1. The van der Waals surface area contributed by atoms with Crippen molar-refractivity contribution in [2.24, 2.45) is 5.84 Å². The van der Waals surface area contributed by atoms with Gasteiger partial charge in [-0.2, -0.15) is 0 Å². The zero-order valence-electron chi connectivity index (χ0n) is 14.7. The predicted molar refractivity (Wildman–Crippen MR) is 97.3 cm³/mol. The van der Waals surface area contributed by atoms with E-state index in [0.717, 1.165) is 22.3 Å². The third kappa shape index (κ3) is 3.05. The van der Waals surface area contributed by atoms with Gasteiger partial charge in [0.05, 0.1) is 20.8 Å². The van der Waals surface area contributed by atoms with Crippen LogP contribution < -0.4 is 20.7 Å². The van der Waals surface area contributed by atoms with Crippen LogP contribution in [0.1, 0.15) is 16.7 Å². The summed E-state index contributed by atoms with van der Waals surface area (Å²) in [5, 5.41) is 19.8. The number of aliphatic hydroxyl groups is 2. The second-order valence-electron chi connectivity index (χ2n) is 5.76. The van der Waals surface area contributed by atoms with Crippen molar-refractivity contribution in [1.82, 2.24) is 9.88 Å². The second kappa shape index (κ2) is 7.61. The van der Waals surface area contributed by atoms with Crippen molar-refractivity contribution in [3.05, 3.63) is 52.8 Å². The molecule has 3 rings (SSSR count). The highest BCUT2D eigenvalue weighted by atomic mass is 16.5. The molecule has 0 saturated carbocycles. The standard InChI is InChI=1S/C18H22N4O4/c1-25-15-5-12-8-22(10-24)14(9-23)18(13(12)7-16(15)26-2)11-3-4-20-17(6-11)21-19/h3-7,23-24H,8-10,19H2,1-2H3,(H,20,21). The van der Waals surface area contributed by atoms with E-state index in [1.54, 1.807) is 31.4 Å². The number of pyridine rings is 1. The first-order valence-corrected chi connectivity index (χ1v) is 8.04. The maximum Gasteiger partial charge on any atom is 0.161 e. The van der Waals surface area contributed by atoms with Crippen LogP contribution in [-0.4, -0.2) is 47.7 Å². The molecule has 8 heteroatoms. The van der Waals surface area contributed by atoms with Crippen molar-refractivity contribution >= 4 is 11.4 Å². The highest BCUT2D eigenvalue weighted by Crippen LogP contribution is 2.41. The van der Waals surface area contributed by atoms with Crippen LogP contribution in [0.15, 0.2) is 36.2 Å². The number of anilines is 1. The van der Waals surface area contributed by atoms with E-state index in [0.29, 0.717) is 29.6 Å². The zero-order chi connectivity index (χ0) is 18.7. The van der Waals surface area contributed by atoms with Gasteiger partial charge in [-0.15, -0.1) is 0 Å². The van der Waals surface area contributed by atoms with Crippen molar-refractivity contribution in [2.45, 2.75) is 6.54 Å². The molecule has 1 aromatic carbocycles. The normalized spacial score (nSPS) is 13.5. The fourth-order valence-corrected chi connectivity index (χ4v) is 3.20. The van der Waals surface area contributed by atoms with Crippen molar-refractivity contribution in [3.8, 4) is 11.5 Å². The minimum Gasteiger partial charge on any atom is -0.493 e. The molecule has 138 valence electrons. The molecule has 0 atom stereocenters. The topological polar surface area (TPSA) is 113 Å². The number of hydrazine groups is 1.